The fourth-order valence-corrected chi connectivity index (χ4v) is 3.79. The molecule has 2 aromatic rings. The molecule has 1 aliphatic carbocycles. The first-order valence-corrected chi connectivity index (χ1v) is 9.78. The van der Waals surface area contributed by atoms with Gasteiger partial charge in [0.2, 0.25) is 5.91 Å². The van der Waals surface area contributed by atoms with E-state index in [4.69, 9.17) is 23.2 Å². The second-order valence-corrected chi connectivity index (χ2v) is 7.87. The monoisotopic (exact) mass is 433 g/mol. The van der Waals surface area contributed by atoms with Gasteiger partial charge in [0.25, 0.3) is 11.5 Å². The molecular formula is C19H17Cl2N5O3. The highest BCUT2D eigenvalue weighted by molar-refractivity contribution is 6.46. The topological polar surface area (TPSA) is 105 Å². The number of carbonyl (C=O) groups excluding carboxylic acids is 2. The quantitative estimate of drug-likeness (QED) is 0.751. The van der Waals surface area contributed by atoms with Gasteiger partial charge in [-0.1, -0.05) is 23.2 Å². The van der Waals surface area contributed by atoms with E-state index in [2.05, 4.69) is 20.7 Å². The average Bonchev–Trinajstić information content (AvgIpc) is 3.41. The lowest BCUT2D eigenvalue weighted by molar-refractivity contribution is -0.118. The zero-order valence-corrected chi connectivity index (χ0v) is 17.0. The fraction of sp³-hybridized carbons (Fsp3) is 0.316. The van der Waals surface area contributed by atoms with E-state index < -0.39 is 5.91 Å². The predicted octanol–water partition coefficient (Wildman–Crippen LogP) is 2.02. The number of hydrogen-bond acceptors (Lipinski definition) is 5. The summed E-state index contributed by atoms with van der Waals surface area (Å²) in [5.41, 5.74) is 2.41. The van der Waals surface area contributed by atoms with Crippen molar-refractivity contribution >= 4 is 46.5 Å². The summed E-state index contributed by atoms with van der Waals surface area (Å²) < 4.78 is 1.34. The van der Waals surface area contributed by atoms with Crippen molar-refractivity contribution in [3.05, 3.63) is 55.4 Å². The molecule has 150 valence electrons. The first-order chi connectivity index (χ1) is 13.8. The number of anilines is 1. The molecule has 0 bridgehead atoms. The van der Waals surface area contributed by atoms with Crippen LogP contribution in [0.5, 0.6) is 0 Å². The number of nitrogens with zero attached hydrogens (tertiary/aromatic N) is 3. The maximum Gasteiger partial charge on any atom is 0.291 e. The maximum absolute atomic E-state index is 12.2. The van der Waals surface area contributed by atoms with Gasteiger partial charge in [0.15, 0.2) is 5.84 Å². The second kappa shape index (κ2) is 7.61. The van der Waals surface area contributed by atoms with Crippen LogP contribution in [0.15, 0.2) is 28.0 Å². The molecule has 2 amide bonds. The van der Waals surface area contributed by atoms with Crippen molar-refractivity contribution in [2.45, 2.75) is 25.2 Å². The molecule has 2 N–H and O–H groups in total. The maximum atomic E-state index is 12.2. The highest BCUT2D eigenvalue weighted by Gasteiger charge is 2.27. The number of halogens is 2. The van der Waals surface area contributed by atoms with E-state index in [1.54, 1.807) is 19.2 Å². The lowest BCUT2D eigenvalue weighted by atomic mass is 10.1. The van der Waals surface area contributed by atoms with Gasteiger partial charge in [-0.15, -0.1) is 0 Å². The Labute approximate surface area is 175 Å². The first-order valence-electron chi connectivity index (χ1n) is 9.02. The summed E-state index contributed by atoms with van der Waals surface area (Å²) in [5.74, 6) is -0.632. The molecule has 0 radical (unpaired) electrons. The number of aliphatic imine (C=N–C) groups is 1. The van der Waals surface area contributed by atoms with Crippen LogP contribution in [0.25, 0.3) is 0 Å². The Kier molecular flexibility index (Phi) is 5.14. The highest BCUT2D eigenvalue weighted by Crippen LogP contribution is 2.38. The van der Waals surface area contributed by atoms with Gasteiger partial charge in [0.05, 0.1) is 5.69 Å². The Bertz CT molecular complexity index is 1100. The number of aryl methyl sites for hydroxylation is 1. The zero-order chi connectivity index (χ0) is 20.7. The molecule has 1 aliphatic heterocycles. The summed E-state index contributed by atoms with van der Waals surface area (Å²) in [5, 5.41) is 10.0. The third-order valence-electron chi connectivity index (χ3n) is 4.77. The van der Waals surface area contributed by atoms with Gasteiger partial charge in [-0.05, 0) is 42.5 Å². The lowest BCUT2D eigenvalue weighted by Gasteiger charge is -2.12. The molecule has 0 spiro atoms. The summed E-state index contributed by atoms with van der Waals surface area (Å²) in [7, 11) is 1.63. The van der Waals surface area contributed by atoms with Crippen molar-refractivity contribution in [2.75, 3.05) is 11.9 Å². The van der Waals surface area contributed by atoms with Crippen LogP contribution in [0, 0.1) is 0 Å². The van der Waals surface area contributed by atoms with Gasteiger partial charge < -0.3 is 10.6 Å². The Morgan fingerprint density at radius 3 is 2.52 bits per heavy atom. The summed E-state index contributed by atoms with van der Waals surface area (Å²) in [6.07, 6.45) is 2.38. The number of carbonyl (C=O) groups is 2. The van der Waals surface area contributed by atoms with Gasteiger partial charge >= 0.3 is 0 Å². The van der Waals surface area contributed by atoms with E-state index in [-0.39, 0.29) is 23.8 Å². The Morgan fingerprint density at radius 2 is 1.93 bits per heavy atom. The van der Waals surface area contributed by atoms with Crippen molar-refractivity contribution in [1.29, 1.82) is 0 Å². The lowest BCUT2D eigenvalue weighted by Crippen LogP contribution is -2.34. The van der Waals surface area contributed by atoms with Crippen LogP contribution in [0.1, 0.15) is 35.6 Å². The number of benzene rings is 1. The van der Waals surface area contributed by atoms with Crippen molar-refractivity contribution in [3.63, 3.8) is 0 Å². The molecular weight excluding hydrogens is 417 g/mol. The fourth-order valence-electron chi connectivity index (χ4n) is 3.17. The van der Waals surface area contributed by atoms with Crippen LogP contribution in [0.2, 0.25) is 10.0 Å². The Hall–Kier alpha value is -2.71. The van der Waals surface area contributed by atoms with Crippen LogP contribution >= 0.6 is 23.2 Å². The van der Waals surface area contributed by atoms with Crippen molar-refractivity contribution in [1.82, 2.24) is 15.1 Å². The molecule has 29 heavy (non-hydrogen) atoms. The third kappa shape index (κ3) is 4.18. The zero-order valence-electron chi connectivity index (χ0n) is 15.5. The largest absolute Gasteiger partial charge is 0.319 e. The summed E-state index contributed by atoms with van der Waals surface area (Å²) >= 11 is 12.8. The summed E-state index contributed by atoms with van der Waals surface area (Å²) in [6, 6.07) is 4.97. The standard InChI is InChI=1S/C19H17Cl2N5O3/c1-26-19(29)12(9-2-3-9)4-11(25-26)5-13-14(20)6-10(7-15(13)21)23-18(28)17-22-8-16(27)24-17/h4,6-7,9H,2-3,5,8H2,1H3,(H,23,28)(H,22,24,27). The molecule has 0 unspecified atom stereocenters. The van der Waals surface area contributed by atoms with Crippen LogP contribution in [-0.4, -0.2) is 34.0 Å². The number of nitrogens with one attached hydrogen (secondary N) is 2. The van der Waals surface area contributed by atoms with Crippen LogP contribution in [0.4, 0.5) is 5.69 Å². The number of aromatic nitrogens is 2. The van der Waals surface area contributed by atoms with Gasteiger partial charge in [-0.25, -0.2) is 4.68 Å². The van der Waals surface area contributed by atoms with E-state index in [0.29, 0.717) is 39.3 Å². The predicted molar refractivity (Wildman–Crippen MR) is 110 cm³/mol. The van der Waals surface area contributed by atoms with E-state index in [1.807, 2.05) is 6.07 Å². The molecule has 2 aliphatic rings. The minimum atomic E-state index is -0.551. The van der Waals surface area contributed by atoms with Crippen molar-refractivity contribution < 1.29 is 9.59 Å². The van der Waals surface area contributed by atoms with Gasteiger partial charge in [0.1, 0.15) is 6.54 Å². The van der Waals surface area contributed by atoms with Crippen LogP contribution < -0.4 is 16.2 Å². The summed E-state index contributed by atoms with van der Waals surface area (Å²) in [6.45, 7) is -0.0708. The van der Waals surface area contributed by atoms with Gasteiger partial charge in [-0.3, -0.25) is 19.4 Å². The van der Waals surface area contributed by atoms with Crippen molar-refractivity contribution in [3.8, 4) is 0 Å². The highest BCUT2D eigenvalue weighted by atomic mass is 35.5. The third-order valence-corrected chi connectivity index (χ3v) is 5.44. The molecule has 4 rings (SSSR count). The molecule has 2 heterocycles. The minimum absolute atomic E-state index is 0.0478. The number of hydrogen-bond donors (Lipinski definition) is 2. The molecule has 0 saturated heterocycles. The smallest absolute Gasteiger partial charge is 0.291 e. The Morgan fingerprint density at radius 1 is 1.24 bits per heavy atom. The second-order valence-electron chi connectivity index (χ2n) is 7.06. The number of rotatable bonds is 5. The van der Waals surface area contributed by atoms with E-state index in [0.717, 1.165) is 18.4 Å². The molecule has 0 atom stereocenters. The van der Waals surface area contributed by atoms with Gasteiger partial charge in [-0.2, -0.15) is 5.10 Å². The molecule has 1 fully saturated rings. The van der Waals surface area contributed by atoms with Crippen molar-refractivity contribution in [2.24, 2.45) is 12.0 Å². The summed E-state index contributed by atoms with van der Waals surface area (Å²) in [4.78, 5) is 39.4. The normalized spacial score (nSPS) is 15.8. The average molecular weight is 434 g/mol. The number of amides is 2. The number of amidine groups is 1. The SMILES string of the molecule is Cn1nc(Cc2c(Cl)cc(NC(=O)C3=NCC(=O)N3)cc2Cl)cc(C2CC2)c1=O. The van der Waals surface area contributed by atoms with E-state index in [9.17, 15) is 14.4 Å². The van der Waals surface area contributed by atoms with Gasteiger partial charge in [0, 0.05) is 34.8 Å². The Balaban J connectivity index is 1.56. The molecule has 10 heteroatoms. The molecule has 1 saturated carbocycles. The van der Waals surface area contributed by atoms with E-state index in [1.165, 1.54) is 4.68 Å². The molecule has 8 nitrogen and oxygen atoms in total. The minimum Gasteiger partial charge on any atom is -0.319 e. The van der Waals surface area contributed by atoms with E-state index >= 15 is 0 Å². The first kappa shape index (κ1) is 19.6. The molecule has 1 aromatic carbocycles. The van der Waals surface area contributed by atoms with Crippen LogP contribution in [0.3, 0.4) is 0 Å². The van der Waals surface area contributed by atoms with Crippen LogP contribution in [-0.2, 0) is 23.1 Å². The molecule has 1 aromatic heterocycles.